The smallest absolute Gasteiger partial charge is 0.291 e. The molecule has 0 saturated carbocycles. The zero-order valence-corrected chi connectivity index (χ0v) is 17.5. The van der Waals surface area contributed by atoms with Crippen molar-refractivity contribution in [2.45, 2.75) is 10.9 Å². The Kier molecular flexibility index (Phi) is 5.05. The van der Waals surface area contributed by atoms with Gasteiger partial charge < -0.3 is 19.3 Å². The molecule has 8 heteroatoms. The van der Waals surface area contributed by atoms with E-state index < -0.39 is 0 Å². The lowest BCUT2D eigenvalue weighted by molar-refractivity contribution is 0.0995. The van der Waals surface area contributed by atoms with E-state index in [2.05, 4.69) is 20.3 Å². The molecule has 0 bridgehead atoms. The number of furan rings is 1. The van der Waals surface area contributed by atoms with E-state index in [0.717, 1.165) is 21.8 Å². The number of nitrogens with zero attached hydrogens (tertiary/aromatic N) is 3. The Morgan fingerprint density at radius 3 is 2.81 bits per heavy atom. The molecule has 3 aromatic heterocycles. The van der Waals surface area contributed by atoms with Crippen LogP contribution in [0.1, 0.15) is 16.3 Å². The summed E-state index contributed by atoms with van der Waals surface area (Å²) in [6.45, 7) is 0. The molecule has 1 amide bonds. The van der Waals surface area contributed by atoms with E-state index in [4.69, 9.17) is 4.42 Å². The fourth-order valence-corrected chi connectivity index (χ4v) is 4.09. The highest BCUT2D eigenvalue weighted by Gasteiger charge is 2.16. The van der Waals surface area contributed by atoms with E-state index in [1.54, 1.807) is 24.0 Å². The molecule has 154 valence electrons. The Hall–Kier alpha value is -3.78. The summed E-state index contributed by atoms with van der Waals surface area (Å²) in [5.41, 5.74) is 3.29. The van der Waals surface area contributed by atoms with Gasteiger partial charge in [-0.15, -0.1) is 0 Å². The predicted molar refractivity (Wildman–Crippen MR) is 121 cm³/mol. The van der Waals surface area contributed by atoms with Crippen LogP contribution in [0, 0.1) is 0 Å². The van der Waals surface area contributed by atoms with Crippen LogP contribution >= 0.6 is 11.8 Å². The molecule has 0 saturated heterocycles. The fraction of sp³-hybridized carbons (Fsp3) is 0.0870. The molecule has 0 spiro atoms. The van der Waals surface area contributed by atoms with Crippen molar-refractivity contribution in [1.29, 1.82) is 0 Å². The van der Waals surface area contributed by atoms with Crippen molar-refractivity contribution < 1.29 is 9.21 Å². The Labute approximate surface area is 182 Å². The summed E-state index contributed by atoms with van der Waals surface area (Å²) in [6.07, 6.45) is 3.64. The van der Waals surface area contributed by atoms with Gasteiger partial charge in [-0.05, 0) is 36.4 Å². The van der Waals surface area contributed by atoms with Gasteiger partial charge in [0.25, 0.3) is 5.91 Å². The number of carbonyl (C=O) groups is 1. The van der Waals surface area contributed by atoms with Crippen molar-refractivity contribution in [2.75, 3.05) is 5.32 Å². The number of nitrogens with one attached hydrogen (secondary N) is 2. The lowest BCUT2D eigenvalue weighted by atomic mass is 10.1. The number of para-hydroxylation sites is 3. The molecule has 0 aliphatic heterocycles. The Morgan fingerprint density at radius 2 is 1.97 bits per heavy atom. The zero-order valence-electron chi connectivity index (χ0n) is 16.7. The molecule has 2 N–H and O–H groups in total. The predicted octanol–water partition coefficient (Wildman–Crippen LogP) is 5.10. The summed E-state index contributed by atoms with van der Waals surface area (Å²) in [7, 11) is 1.94. The number of benzene rings is 2. The van der Waals surface area contributed by atoms with Crippen molar-refractivity contribution in [3.05, 3.63) is 84.6 Å². The molecular formula is C23H19N5O2S. The first-order valence-electron chi connectivity index (χ1n) is 9.72. The second kappa shape index (κ2) is 8.16. The minimum Gasteiger partial charge on any atom is -0.455 e. The molecule has 0 fully saturated rings. The third-order valence-corrected chi connectivity index (χ3v) is 5.91. The number of aromatic nitrogens is 4. The van der Waals surface area contributed by atoms with Crippen LogP contribution in [0.5, 0.6) is 0 Å². The number of amides is 1. The molecule has 31 heavy (non-hydrogen) atoms. The normalized spacial score (nSPS) is 11.1. The van der Waals surface area contributed by atoms with Crippen LogP contribution in [-0.4, -0.2) is 25.4 Å². The Bertz CT molecular complexity index is 1330. The number of imidazole rings is 2. The summed E-state index contributed by atoms with van der Waals surface area (Å²) in [5.74, 6) is 1.95. The lowest BCUT2D eigenvalue weighted by Gasteiger charge is -2.08. The largest absolute Gasteiger partial charge is 0.455 e. The van der Waals surface area contributed by atoms with Gasteiger partial charge in [0, 0.05) is 25.0 Å². The van der Waals surface area contributed by atoms with E-state index in [1.165, 1.54) is 0 Å². The monoisotopic (exact) mass is 429 g/mol. The van der Waals surface area contributed by atoms with Crippen LogP contribution in [-0.2, 0) is 12.8 Å². The second-order valence-electron chi connectivity index (χ2n) is 6.98. The maximum atomic E-state index is 12.8. The summed E-state index contributed by atoms with van der Waals surface area (Å²) in [4.78, 5) is 25.0. The minimum atomic E-state index is -0.309. The SMILES string of the molecule is Cn1ccnc1SCc1ccc(C(=O)Nc2ccccc2-c2nc3ccccc3[nH]2)o1. The van der Waals surface area contributed by atoms with Crippen molar-refractivity contribution in [1.82, 2.24) is 19.5 Å². The fourth-order valence-electron chi connectivity index (χ4n) is 3.27. The number of anilines is 1. The average Bonchev–Trinajstić information content (AvgIpc) is 3.52. The van der Waals surface area contributed by atoms with Crippen LogP contribution in [0.2, 0.25) is 0 Å². The third kappa shape index (κ3) is 3.97. The third-order valence-electron chi connectivity index (χ3n) is 4.83. The van der Waals surface area contributed by atoms with E-state index in [0.29, 0.717) is 23.0 Å². The van der Waals surface area contributed by atoms with Crippen LogP contribution in [0.25, 0.3) is 22.4 Å². The Balaban J connectivity index is 1.33. The van der Waals surface area contributed by atoms with Gasteiger partial charge in [-0.1, -0.05) is 36.0 Å². The van der Waals surface area contributed by atoms with E-state index in [1.807, 2.05) is 72.4 Å². The number of rotatable bonds is 6. The molecule has 0 aliphatic carbocycles. The van der Waals surface area contributed by atoms with Crippen LogP contribution < -0.4 is 5.32 Å². The summed E-state index contributed by atoms with van der Waals surface area (Å²) < 4.78 is 7.70. The molecular weight excluding hydrogens is 410 g/mol. The second-order valence-corrected chi connectivity index (χ2v) is 7.92. The topological polar surface area (TPSA) is 88.7 Å². The highest BCUT2D eigenvalue weighted by Crippen LogP contribution is 2.28. The number of thioether (sulfide) groups is 1. The maximum absolute atomic E-state index is 12.8. The highest BCUT2D eigenvalue weighted by atomic mass is 32.2. The summed E-state index contributed by atoms with van der Waals surface area (Å²) in [5, 5.41) is 3.84. The van der Waals surface area contributed by atoms with Gasteiger partial charge in [0.1, 0.15) is 11.6 Å². The van der Waals surface area contributed by atoms with Gasteiger partial charge in [0.15, 0.2) is 10.9 Å². The molecule has 3 heterocycles. The molecule has 7 nitrogen and oxygen atoms in total. The first-order chi connectivity index (χ1) is 15.2. The van der Waals surface area contributed by atoms with Crippen LogP contribution in [0.4, 0.5) is 5.69 Å². The number of H-pyrrole nitrogens is 1. The number of hydrogen-bond acceptors (Lipinski definition) is 5. The van der Waals surface area contributed by atoms with Gasteiger partial charge in [-0.2, -0.15) is 0 Å². The van der Waals surface area contributed by atoms with E-state index in [-0.39, 0.29) is 11.7 Å². The molecule has 0 radical (unpaired) electrons. The number of fused-ring (bicyclic) bond motifs is 1. The van der Waals surface area contributed by atoms with Crippen molar-refractivity contribution in [3.63, 3.8) is 0 Å². The first-order valence-corrected chi connectivity index (χ1v) is 10.7. The number of aromatic amines is 1. The van der Waals surface area contributed by atoms with E-state index >= 15 is 0 Å². The number of aryl methyl sites for hydroxylation is 1. The van der Waals surface area contributed by atoms with Crippen molar-refractivity contribution >= 4 is 34.4 Å². The summed E-state index contributed by atoms with van der Waals surface area (Å²) >= 11 is 1.55. The van der Waals surface area contributed by atoms with Gasteiger partial charge >= 0.3 is 0 Å². The standard InChI is InChI=1S/C23H19N5O2S/c1-28-13-12-24-23(28)31-14-15-10-11-20(30-15)22(29)27-17-7-3-2-6-16(17)21-25-18-8-4-5-9-19(18)26-21/h2-13H,14H2,1H3,(H,25,26)(H,27,29). The number of hydrogen-bond donors (Lipinski definition) is 2. The maximum Gasteiger partial charge on any atom is 0.291 e. The lowest BCUT2D eigenvalue weighted by Crippen LogP contribution is -2.11. The van der Waals surface area contributed by atoms with Gasteiger partial charge in [0.2, 0.25) is 0 Å². The summed E-state index contributed by atoms with van der Waals surface area (Å²) in [6, 6.07) is 18.9. The highest BCUT2D eigenvalue weighted by molar-refractivity contribution is 7.98. The Morgan fingerprint density at radius 1 is 1.13 bits per heavy atom. The average molecular weight is 430 g/mol. The van der Waals surface area contributed by atoms with Crippen molar-refractivity contribution in [2.24, 2.45) is 7.05 Å². The van der Waals surface area contributed by atoms with Gasteiger partial charge in [0.05, 0.1) is 22.5 Å². The van der Waals surface area contributed by atoms with Crippen LogP contribution in [0.3, 0.4) is 0 Å². The quantitative estimate of drug-likeness (QED) is 0.367. The molecule has 5 aromatic rings. The molecule has 0 aliphatic rings. The van der Waals surface area contributed by atoms with E-state index in [9.17, 15) is 4.79 Å². The molecule has 5 rings (SSSR count). The zero-order chi connectivity index (χ0) is 21.2. The minimum absolute atomic E-state index is 0.259. The van der Waals surface area contributed by atoms with Gasteiger partial charge in [-0.3, -0.25) is 4.79 Å². The first kappa shape index (κ1) is 19.2. The molecule has 0 atom stereocenters. The van der Waals surface area contributed by atoms with Gasteiger partial charge in [-0.25, -0.2) is 9.97 Å². The van der Waals surface area contributed by atoms with Crippen molar-refractivity contribution in [3.8, 4) is 11.4 Å². The number of carbonyl (C=O) groups excluding carboxylic acids is 1. The molecule has 2 aromatic carbocycles. The van der Waals surface area contributed by atoms with Crippen LogP contribution in [0.15, 0.2) is 82.6 Å². The molecule has 0 unspecified atom stereocenters.